The zero-order valence-electron chi connectivity index (χ0n) is 5.54. The van der Waals surface area contributed by atoms with Gasteiger partial charge in [0.15, 0.2) is 5.58 Å². The van der Waals surface area contributed by atoms with Gasteiger partial charge < -0.3 is 10.3 Å². The minimum Gasteiger partial charge on any atom is -0.398 e. The first-order valence-corrected chi connectivity index (χ1v) is 3.86. The summed E-state index contributed by atoms with van der Waals surface area (Å²) in [5.41, 5.74) is 7.07. The van der Waals surface area contributed by atoms with Crippen LogP contribution in [0.4, 0.5) is 5.69 Å². The van der Waals surface area contributed by atoms with Crippen LogP contribution < -0.4 is 5.73 Å². The van der Waals surface area contributed by atoms with Crippen molar-refractivity contribution in [1.82, 2.24) is 5.16 Å². The summed E-state index contributed by atoms with van der Waals surface area (Å²) in [5.74, 6) is 0. The molecule has 0 saturated carbocycles. The maximum absolute atomic E-state index is 5.63. The van der Waals surface area contributed by atoms with Crippen molar-refractivity contribution < 1.29 is 4.52 Å². The molecule has 0 saturated heterocycles. The summed E-state index contributed by atoms with van der Waals surface area (Å²) in [5, 5.41) is 4.55. The molecule has 0 bridgehead atoms. The third-order valence-electron chi connectivity index (χ3n) is 1.47. The zero-order chi connectivity index (χ0) is 7.84. The van der Waals surface area contributed by atoms with Crippen LogP contribution in [0, 0.1) is 0 Å². The van der Waals surface area contributed by atoms with Gasteiger partial charge in [-0.25, -0.2) is 0 Å². The van der Waals surface area contributed by atoms with E-state index in [1.807, 2.05) is 6.07 Å². The van der Waals surface area contributed by atoms with E-state index in [1.165, 1.54) is 0 Å². The average Bonchev–Trinajstić information content (AvgIpc) is 2.36. The lowest BCUT2D eigenvalue weighted by Gasteiger charge is -1.94. The van der Waals surface area contributed by atoms with Crippen LogP contribution in [-0.4, -0.2) is 5.16 Å². The molecule has 0 radical (unpaired) electrons. The Morgan fingerprint density at radius 2 is 2.27 bits per heavy atom. The smallest absolute Gasteiger partial charge is 0.168 e. The second-order valence-corrected chi connectivity index (χ2v) is 3.09. The van der Waals surface area contributed by atoms with E-state index in [1.54, 1.807) is 12.3 Å². The van der Waals surface area contributed by atoms with E-state index >= 15 is 0 Å². The molecule has 1 aromatic carbocycles. The van der Waals surface area contributed by atoms with Gasteiger partial charge in [0.05, 0.1) is 6.20 Å². The zero-order valence-corrected chi connectivity index (χ0v) is 7.13. The Morgan fingerprint density at radius 3 is 3.09 bits per heavy atom. The largest absolute Gasteiger partial charge is 0.398 e. The highest BCUT2D eigenvalue weighted by molar-refractivity contribution is 9.10. The highest BCUT2D eigenvalue weighted by atomic mass is 79.9. The standard InChI is InChI=1S/C7H5BrN2O/c8-5-2-7-4(1-6(5)9)3-10-11-7/h1-3H,9H2. The Bertz CT molecular complexity index is 360. The molecule has 0 spiro atoms. The van der Waals surface area contributed by atoms with Crippen molar-refractivity contribution in [3.63, 3.8) is 0 Å². The van der Waals surface area contributed by atoms with Gasteiger partial charge in [-0.2, -0.15) is 0 Å². The molecule has 4 heteroatoms. The lowest BCUT2D eigenvalue weighted by atomic mass is 10.2. The number of halogens is 1. The van der Waals surface area contributed by atoms with Crippen molar-refractivity contribution in [2.45, 2.75) is 0 Å². The molecule has 11 heavy (non-hydrogen) atoms. The molecule has 2 aromatic rings. The number of rotatable bonds is 0. The van der Waals surface area contributed by atoms with Gasteiger partial charge in [-0.15, -0.1) is 0 Å². The van der Waals surface area contributed by atoms with Crippen LogP contribution >= 0.6 is 15.9 Å². The van der Waals surface area contributed by atoms with E-state index in [-0.39, 0.29) is 0 Å². The van der Waals surface area contributed by atoms with Crippen molar-refractivity contribution >= 4 is 32.6 Å². The summed E-state index contributed by atoms with van der Waals surface area (Å²) in [7, 11) is 0. The van der Waals surface area contributed by atoms with Gasteiger partial charge in [0.2, 0.25) is 0 Å². The van der Waals surface area contributed by atoms with Crippen LogP contribution in [0.1, 0.15) is 0 Å². The van der Waals surface area contributed by atoms with E-state index < -0.39 is 0 Å². The first-order chi connectivity index (χ1) is 5.27. The first-order valence-electron chi connectivity index (χ1n) is 3.07. The summed E-state index contributed by atoms with van der Waals surface area (Å²) in [6, 6.07) is 3.62. The lowest BCUT2D eigenvalue weighted by Crippen LogP contribution is -1.84. The van der Waals surface area contributed by atoms with Crippen molar-refractivity contribution in [3.05, 3.63) is 22.8 Å². The molecule has 0 fully saturated rings. The molecule has 0 aliphatic carbocycles. The Morgan fingerprint density at radius 1 is 1.45 bits per heavy atom. The molecule has 3 nitrogen and oxygen atoms in total. The Balaban J connectivity index is 2.86. The molecular formula is C7H5BrN2O. The molecule has 0 unspecified atom stereocenters. The fourth-order valence-corrected chi connectivity index (χ4v) is 1.23. The lowest BCUT2D eigenvalue weighted by molar-refractivity contribution is 0.456. The Hall–Kier alpha value is -1.03. The number of nitrogen functional groups attached to an aromatic ring is 1. The molecule has 56 valence electrons. The summed E-state index contributed by atoms with van der Waals surface area (Å²) in [6.07, 6.45) is 1.64. The summed E-state index contributed by atoms with van der Waals surface area (Å²) >= 11 is 3.29. The van der Waals surface area contributed by atoms with Gasteiger partial charge in [-0.1, -0.05) is 5.16 Å². The number of hydrogen-bond donors (Lipinski definition) is 1. The number of fused-ring (bicyclic) bond motifs is 1. The highest BCUT2D eigenvalue weighted by Crippen LogP contribution is 2.25. The Kier molecular flexibility index (Phi) is 1.35. The highest BCUT2D eigenvalue weighted by Gasteiger charge is 2.01. The normalized spacial score (nSPS) is 10.6. The number of benzene rings is 1. The molecule has 2 rings (SSSR count). The Labute approximate surface area is 71.3 Å². The van der Waals surface area contributed by atoms with Crippen LogP contribution in [-0.2, 0) is 0 Å². The molecule has 0 aliphatic heterocycles. The maximum Gasteiger partial charge on any atom is 0.168 e. The van der Waals surface area contributed by atoms with Crippen LogP contribution in [0.15, 0.2) is 27.3 Å². The molecular weight excluding hydrogens is 208 g/mol. The van der Waals surface area contributed by atoms with Gasteiger partial charge in [0.25, 0.3) is 0 Å². The number of nitrogens with zero attached hydrogens (tertiary/aromatic N) is 1. The van der Waals surface area contributed by atoms with Gasteiger partial charge in [0, 0.05) is 21.6 Å². The van der Waals surface area contributed by atoms with Crippen molar-refractivity contribution in [3.8, 4) is 0 Å². The predicted molar refractivity (Wildman–Crippen MR) is 46.1 cm³/mol. The number of aromatic nitrogens is 1. The quantitative estimate of drug-likeness (QED) is 0.682. The predicted octanol–water partition coefficient (Wildman–Crippen LogP) is 2.17. The van der Waals surface area contributed by atoms with Gasteiger partial charge in [0.1, 0.15) is 0 Å². The monoisotopic (exact) mass is 212 g/mol. The molecule has 2 N–H and O–H groups in total. The maximum atomic E-state index is 5.63. The van der Waals surface area contributed by atoms with E-state index in [4.69, 9.17) is 10.3 Å². The van der Waals surface area contributed by atoms with Crippen molar-refractivity contribution in [1.29, 1.82) is 0 Å². The van der Waals surface area contributed by atoms with Crippen molar-refractivity contribution in [2.75, 3.05) is 5.73 Å². The average molecular weight is 213 g/mol. The molecule has 1 aromatic heterocycles. The molecule has 0 amide bonds. The summed E-state index contributed by atoms with van der Waals surface area (Å²) in [4.78, 5) is 0. The fraction of sp³-hybridized carbons (Fsp3) is 0. The third kappa shape index (κ3) is 0.991. The van der Waals surface area contributed by atoms with Crippen LogP contribution in [0.25, 0.3) is 11.0 Å². The van der Waals surface area contributed by atoms with Crippen LogP contribution in [0.5, 0.6) is 0 Å². The topological polar surface area (TPSA) is 52.0 Å². The van der Waals surface area contributed by atoms with Crippen LogP contribution in [0.3, 0.4) is 0 Å². The second kappa shape index (κ2) is 2.23. The number of anilines is 1. The first kappa shape index (κ1) is 6.67. The van der Waals surface area contributed by atoms with E-state index in [0.29, 0.717) is 5.69 Å². The molecule has 0 aliphatic rings. The molecule has 0 atom stereocenters. The second-order valence-electron chi connectivity index (χ2n) is 2.24. The minimum atomic E-state index is 0.695. The van der Waals surface area contributed by atoms with E-state index in [9.17, 15) is 0 Å². The van der Waals surface area contributed by atoms with Gasteiger partial charge in [-0.05, 0) is 22.0 Å². The van der Waals surface area contributed by atoms with Crippen molar-refractivity contribution in [2.24, 2.45) is 0 Å². The van der Waals surface area contributed by atoms with Crippen LogP contribution in [0.2, 0.25) is 0 Å². The molecule has 1 heterocycles. The van der Waals surface area contributed by atoms with Gasteiger partial charge in [-0.3, -0.25) is 0 Å². The SMILES string of the molecule is Nc1cc2cnoc2cc1Br. The van der Waals surface area contributed by atoms with E-state index in [0.717, 1.165) is 15.4 Å². The minimum absolute atomic E-state index is 0.695. The summed E-state index contributed by atoms with van der Waals surface area (Å²) in [6.45, 7) is 0. The number of hydrogen-bond acceptors (Lipinski definition) is 3. The summed E-state index contributed by atoms with van der Waals surface area (Å²) < 4.78 is 5.75. The van der Waals surface area contributed by atoms with Gasteiger partial charge >= 0.3 is 0 Å². The fourth-order valence-electron chi connectivity index (χ4n) is 0.909. The number of nitrogens with two attached hydrogens (primary N) is 1. The third-order valence-corrected chi connectivity index (χ3v) is 2.16. The van der Waals surface area contributed by atoms with E-state index in [2.05, 4.69) is 21.1 Å².